The van der Waals surface area contributed by atoms with Gasteiger partial charge in [0, 0.05) is 15.6 Å². The normalized spacial score (nSPS) is 14.9. The van der Waals surface area contributed by atoms with Crippen molar-refractivity contribution in [3.63, 3.8) is 0 Å². The molecule has 0 fully saturated rings. The van der Waals surface area contributed by atoms with Gasteiger partial charge in [0.2, 0.25) is 0 Å². The molecule has 1 N–H and O–H groups in total. The Balaban J connectivity index is 1.86. The van der Waals surface area contributed by atoms with Crippen LogP contribution in [0.4, 0.5) is 5.69 Å². The zero-order valence-electron chi connectivity index (χ0n) is 13.1. The van der Waals surface area contributed by atoms with Gasteiger partial charge in [-0.1, -0.05) is 41.1 Å². The van der Waals surface area contributed by atoms with Gasteiger partial charge in [-0.25, -0.2) is 0 Å². The monoisotopic (exact) mass is 385 g/mol. The molecule has 0 saturated carbocycles. The van der Waals surface area contributed by atoms with Crippen LogP contribution in [0.5, 0.6) is 5.75 Å². The number of nitrogens with zero attached hydrogens (tertiary/aromatic N) is 2. The van der Waals surface area contributed by atoms with E-state index >= 15 is 0 Å². The maximum atomic E-state index is 12.0. The van der Waals surface area contributed by atoms with E-state index in [0.29, 0.717) is 12.3 Å². The van der Waals surface area contributed by atoms with Crippen LogP contribution in [0, 0.1) is 0 Å². The number of carbonyl (C=O) groups is 1. The van der Waals surface area contributed by atoms with Gasteiger partial charge in [-0.3, -0.25) is 4.79 Å². The number of hydrogen-bond donors (Lipinski definition) is 1. The largest absolute Gasteiger partial charge is 0.493 e. The van der Waals surface area contributed by atoms with Crippen LogP contribution < -0.4 is 10.1 Å². The number of carbonyl (C=O) groups excluding carboxylic acids is 1. The number of para-hydroxylation sites is 1. The Morgan fingerprint density at radius 3 is 2.92 bits per heavy atom. The molecule has 122 valence electrons. The van der Waals surface area contributed by atoms with Crippen molar-refractivity contribution in [2.24, 2.45) is 10.2 Å². The van der Waals surface area contributed by atoms with Crippen molar-refractivity contribution in [1.82, 2.24) is 0 Å². The Morgan fingerprint density at radius 1 is 1.25 bits per heavy atom. The predicted octanol–water partition coefficient (Wildman–Crippen LogP) is 4.01. The summed E-state index contributed by atoms with van der Waals surface area (Å²) in [5.74, 6) is 0.491. The molecule has 0 aliphatic carbocycles. The van der Waals surface area contributed by atoms with E-state index in [0.717, 1.165) is 33.5 Å². The van der Waals surface area contributed by atoms with Crippen molar-refractivity contribution in [3.8, 4) is 5.75 Å². The van der Waals surface area contributed by atoms with Crippen molar-refractivity contribution in [2.45, 2.75) is 13.3 Å². The van der Waals surface area contributed by atoms with E-state index in [9.17, 15) is 4.79 Å². The third-order valence-corrected chi connectivity index (χ3v) is 3.93. The molecule has 2 aromatic rings. The van der Waals surface area contributed by atoms with Crippen molar-refractivity contribution >= 4 is 39.5 Å². The molecular formula is C18H16BrN3O2. The van der Waals surface area contributed by atoms with Gasteiger partial charge in [0.15, 0.2) is 5.71 Å². The minimum Gasteiger partial charge on any atom is -0.493 e. The fourth-order valence-corrected chi connectivity index (χ4v) is 2.69. The SMILES string of the molecule is CCCOc1ccc(Br)cc1/C=N/N=C1\C(=O)Nc2ccccc21. The molecule has 1 amide bonds. The molecule has 0 spiro atoms. The lowest BCUT2D eigenvalue weighted by Crippen LogP contribution is -2.13. The molecular weight excluding hydrogens is 370 g/mol. The van der Waals surface area contributed by atoms with Gasteiger partial charge in [-0.05, 0) is 30.7 Å². The van der Waals surface area contributed by atoms with Gasteiger partial charge in [0.25, 0.3) is 5.91 Å². The van der Waals surface area contributed by atoms with Crippen molar-refractivity contribution in [1.29, 1.82) is 0 Å². The molecule has 2 aromatic carbocycles. The summed E-state index contributed by atoms with van der Waals surface area (Å²) in [6, 6.07) is 13.1. The van der Waals surface area contributed by atoms with Crippen LogP contribution in [0.1, 0.15) is 24.5 Å². The van der Waals surface area contributed by atoms with Gasteiger partial charge in [-0.2, -0.15) is 5.10 Å². The molecule has 0 radical (unpaired) electrons. The number of amides is 1. The Kier molecular flexibility index (Phi) is 5.05. The highest BCUT2D eigenvalue weighted by Gasteiger charge is 2.25. The maximum Gasteiger partial charge on any atom is 0.276 e. The fourth-order valence-electron chi connectivity index (χ4n) is 2.31. The number of benzene rings is 2. The number of rotatable bonds is 5. The van der Waals surface area contributed by atoms with Crippen LogP contribution in [0.15, 0.2) is 57.1 Å². The first-order valence-corrected chi connectivity index (χ1v) is 8.42. The third-order valence-electron chi connectivity index (χ3n) is 3.43. The summed E-state index contributed by atoms with van der Waals surface area (Å²) in [7, 11) is 0. The molecule has 3 rings (SSSR count). The molecule has 6 heteroatoms. The lowest BCUT2D eigenvalue weighted by molar-refractivity contribution is -0.110. The van der Waals surface area contributed by atoms with Crippen LogP contribution in [0.2, 0.25) is 0 Å². The summed E-state index contributed by atoms with van der Waals surface area (Å²) in [4.78, 5) is 12.0. The maximum absolute atomic E-state index is 12.0. The Bertz CT molecular complexity index is 831. The number of ether oxygens (including phenoxy) is 1. The van der Waals surface area contributed by atoms with Crippen molar-refractivity contribution < 1.29 is 9.53 Å². The van der Waals surface area contributed by atoms with Crippen molar-refractivity contribution in [2.75, 3.05) is 11.9 Å². The third kappa shape index (κ3) is 3.54. The second-order valence-electron chi connectivity index (χ2n) is 5.22. The van der Waals surface area contributed by atoms with Gasteiger partial charge in [0.1, 0.15) is 5.75 Å². The molecule has 0 saturated heterocycles. The summed E-state index contributed by atoms with van der Waals surface area (Å²) in [5, 5.41) is 10.9. The Hall–Kier alpha value is -2.47. The van der Waals surface area contributed by atoms with Crippen LogP contribution in [0.25, 0.3) is 0 Å². The topological polar surface area (TPSA) is 63.1 Å². The summed E-state index contributed by atoms with van der Waals surface area (Å²) >= 11 is 3.44. The second-order valence-corrected chi connectivity index (χ2v) is 6.14. The quantitative estimate of drug-likeness (QED) is 0.623. The standard InChI is InChI=1S/C18H16BrN3O2/c1-2-9-24-16-8-7-13(19)10-12(16)11-20-22-17-14-5-3-4-6-15(14)21-18(17)23/h3-8,10-11H,2,9H2,1H3,(H,21,22,23)/b20-11+. The van der Waals surface area contributed by atoms with Crippen molar-refractivity contribution in [3.05, 3.63) is 58.1 Å². The van der Waals surface area contributed by atoms with Crippen LogP contribution in [-0.4, -0.2) is 24.4 Å². The first kappa shape index (κ1) is 16.4. The zero-order chi connectivity index (χ0) is 16.9. The Morgan fingerprint density at radius 2 is 2.08 bits per heavy atom. The van der Waals surface area contributed by atoms with Gasteiger partial charge in [0.05, 0.1) is 18.5 Å². The molecule has 0 unspecified atom stereocenters. The molecule has 1 heterocycles. The number of hydrogen-bond acceptors (Lipinski definition) is 4. The second kappa shape index (κ2) is 7.40. The minimum atomic E-state index is -0.245. The van der Waals surface area contributed by atoms with Gasteiger partial charge >= 0.3 is 0 Å². The number of nitrogens with one attached hydrogen (secondary N) is 1. The predicted molar refractivity (Wildman–Crippen MR) is 99.1 cm³/mol. The minimum absolute atomic E-state index is 0.245. The highest BCUT2D eigenvalue weighted by Crippen LogP contribution is 2.24. The first-order valence-electron chi connectivity index (χ1n) is 7.63. The molecule has 1 aliphatic heterocycles. The van der Waals surface area contributed by atoms with E-state index in [-0.39, 0.29) is 5.91 Å². The van der Waals surface area contributed by atoms with Gasteiger partial charge < -0.3 is 10.1 Å². The van der Waals surface area contributed by atoms with E-state index in [4.69, 9.17) is 4.74 Å². The van der Waals surface area contributed by atoms with E-state index in [1.165, 1.54) is 0 Å². The lowest BCUT2D eigenvalue weighted by atomic mass is 10.1. The van der Waals surface area contributed by atoms with E-state index in [1.807, 2.05) is 42.5 Å². The molecule has 5 nitrogen and oxygen atoms in total. The van der Waals surface area contributed by atoms with E-state index in [1.54, 1.807) is 6.21 Å². The molecule has 0 bridgehead atoms. The smallest absolute Gasteiger partial charge is 0.276 e. The zero-order valence-corrected chi connectivity index (χ0v) is 14.7. The fraction of sp³-hybridized carbons (Fsp3) is 0.167. The number of halogens is 1. The van der Waals surface area contributed by atoms with E-state index in [2.05, 4.69) is 38.4 Å². The van der Waals surface area contributed by atoms with Crippen LogP contribution in [-0.2, 0) is 4.79 Å². The first-order chi connectivity index (χ1) is 11.7. The highest BCUT2D eigenvalue weighted by molar-refractivity contribution is 9.10. The number of anilines is 1. The van der Waals surface area contributed by atoms with Crippen LogP contribution in [0.3, 0.4) is 0 Å². The van der Waals surface area contributed by atoms with Crippen LogP contribution >= 0.6 is 15.9 Å². The average Bonchev–Trinajstić information content (AvgIpc) is 2.90. The summed E-state index contributed by atoms with van der Waals surface area (Å²) < 4.78 is 6.62. The molecule has 24 heavy (non-hydrogen) atoms. The van der Waals surface area contributed by atoms with E-state index < -0.39 is 0 Å². The number of fused-ring (bicyclic) bond motifs is 1. The Labute approximate surface area is 148 Å². The summed E-state index contributed by atoms with van der Waals surface area (Å²) in [6.45, 7) is 2.68. The summed E-state index contributed by atoms with van der Waals surface area (Å²) in [5.41, 5.74) is 2.63. The molecule has 0 atom stereocenters. The highest BCUT2D eigenvalue weighted by atomic mass is 79.9. The van der Waals surface area contributed by atoms with Gasteiger partial charge in [-0.15, -0.1) is 5.10 Å². The average molecular weight is 386 g/mol. The molecule has 0 aromatic heterocycles. The molecule has 1 aliphatic rings. The summed E-state index contributed by atoms with van der Waals surface area (Å²) in [6.07, 6.45) is 2.52. The lowest BCUT2D eigenvalue weighted by Gasteiger charge is -2.07.